The number of carbonyl (C=O) groups excluding carboxylic acids is 1. The number of methoxy groups -OCH3 is 1. The molecule has 0 spiro atoms. The SMILES string of the molecule is COc1ccc([C@@H]2CN(C(=O)C(C)(C)O)C[C@@]2(C)[C@@H](C)O)cc1OC1CCCC1. The summed E-state index contributed by atoms with van der Waals surface area (Å²) in [4.78, 5) is 14.4. The Bertz CT molecular complexity index is 735. The Morgan fingerprint density at radius 2 is 1.93 bits per heavy atom. The molecular formula is C23H35NO5. The lowest BCUT2D eigenvalue weighted by atomic mass is 9.72. The van der Waals surface area contributed by atoms with Gasteiger partial charge < -0.3 is 24.6 Å². The number of aliphatic hydroxyl groups is 2. The van der Waals surface area contributed by atoms with Crippen LogP contribution in [0.5, 0.6) is 11.5 Å². The maximum absolute atomic E-state index is 12.7. The van der Waals surface area contributed by atoms with Crippen molar-refractivity contribution in [1.82, 2.24) is 4.90 Å². The molecule has 1 saturated carbocycles. The van der Waals surface area contributed by atoms with E-state index in [4.69, 9.17) is 9.47 Å². The van der Waals surface area contributed by atoms with Crippen LogP contribution in [0.4, 0.5) is 0 Å². The van der Waals surface area contributed by atoms with E-state index in [1.54, 1.807) is 18.9 Å². The van der Waals surface area contributed by atoms with Crippen LogP contribution in [-0.2, 0) is 4.79 Å². The monoisotopic (exact) mass is 405 g/mol. The van der Waals surface area contributed by atoms with Crippen LogP contribution >= 0.6 is 0 Å². The summed E-state index contributed by atoms with van der Waals surface area (Å²) in [7, 11) is 1.63. The van der Waals surface area contributed by atoms with Crippen LogP contribution in [-0.4, -0.2) is 59.0 Å². The molecule has 0 bridgehead atoms. The molecule has 162 valence electrons. The Morgan fingerprint density at radius 3 is 2.48 bits per heavy atom. The van der Waals surface area contributed by atoms with Gasteiger partial charge in [-0.15, -0.1) is 0 Å². The molecule has 6 heteroatoms. The van der Waals surface area contributed by atoms with Gasteiger partial charge in [-0.3, -0.25) is 4.79 Å². The van der Waals surface area contributed by atoms with Crippen LogP contribution in [0, 0.1) is 5.41 Å². The molecular weight excluding hydrogens is 370 g/mol. The number of hydrogen-bond acceptors (Lipinski definition) is 5. The van der Waals surface area contributed by atoms with Crippen LogP contribution in [0.2, 0.25) is 0 Å². The predicted octanol–water partition coefficient (Wildman–Crippen LogP) is 3.10. The molecule has 0 radical (unpaired) electrons. The molecule has 2 fully saturated rings. The first-order chi connectivity index (χ1) is 13.6. The van der Waals surface area contributed by atoms with Crippen molar-refractivity contribution in [3.05, 3.63) is 23.8 Å². The lowest BCUT2D eigenvalue weighted by Crippen LogP contribution is -2.45. The molecule has 2 aliphatic rings. The molecule has 29 heavy (non-hydrogen) atoms. The number of rotatable bonds is 6. The average molecular weight is 406 g/mol. The van der Waals surface area contributed by atoms with Gasteiger partial charge in [-0.1, -0.05) is 13.0 Å². The Morgan fingerprint density at radius 1 is 1.28 bits per heavy atom. The summed E-state index contributed by atoms with van der Waals surface area (Å²) in [5.74, 6) is 1.02. The second-order valence-electron chi connectivity index (χ2n) is 9.41. The molecule has 3 rings (SSSR count). The maximum atomic E-state index is 12.7. The quantitative estimate of drug-likeness (QED) is 0.760. The standard InChI is InChI=1S/C23H35NO5/c1-15(25)23(4)14-24(21(26)22(2,3)27)13-18(23)16-10-11-19(28-5)20(12-16)29-17-8-6-7-9-17/h10-12,15,17-18,25,27H,6-9,13-14H2,1-5H3/t15-,18+,23+/m1/s1. The van der Waals surface area contributed by atoms with E-state index in [1.807, 2.05) is 25.1 Å². The molecule has 1 aromatic rings. The number of benzene rings is 1. The highest BCUT2D eigenvalue weighted by molar-refractivity contribution is 5.84. The fourth-order valence-corrected chi connectivity index (χ4v) is 4.65. The van der Waals surface area contributed by atoms with E-state index in [-0.39, 0.29) is 17.9 Å². The van der Waals surface area contributed by atoms with Gasteiger partial charge in [0.1, 0.15) is 5.60 Å². The van der Waals surface area contributed by atoms with Crippen molar-refractivity contribution in [2.75, 3.05) is 20.2 Å². The van der Waals surface area contributed by atoms with Gasteiger partial charge in [-0.2, -0.15) is 0 Å². The fourth-order valence-electron chi connectivity index (χ4n) is 4.65. The third-order valence-electron chi connectivity index (χ3n) is 6.68. The number of aliphatic hydroxyl groups excluding tert-OH is 1. The van der Waals surface area contributed by atoms with Crippen LogP contribution < -0.4 is 9.47 Å². The van der Waals surface area contributed by atoms with Crippen molar-refractivity contribution in [3.63, 3.8) is 0 Å². The topological polar surface area (TPSA) is 79.2 Å². The van der Waals surface area contributed by atoms with E-state index >= 15 is 0 Å². The van der Waals surface area contributed by atoms with Gasteiger partial charge >= 0.3 is 0 Å². The maximum Gasteiger partial charge on any atom is 0.253 e. The number of hydrogen-bond donors (Lipinski definition) is 2. The molecule has 1 heterocycles. The Kier molecular flexibility index (Phi) is 6.16. The van der Waals surface area contributed by atoms with Crippen molar-refractivity contribution in [3.8, 4) is 11.5 Å². The highest BCUT2D eigenvalue weighted by atomic mass is 16.5. The van der Waals surface area contributed by atoms with Gasteiger partial charge in [0, 0.05) is 24.4 Å². The second-order valence-corrected chi connectivity index (χ2v) is 9.41. The van der Waals surface area contributed by atoms with Gasteiger partial charge in [0.25, 0.3) is 5.91 Å². The van der Waals surface area contributed by atoms with Crippen LogP contribution in [0.1, 0.15) is 64.9 Å². The smallest absolute Gasteiger partial charge is 0.253 e. The van der Waals surface area contributed by atoms with Gasteiger partial charge in [0.15, 0.2) is 11.5 Å². The van der Waals surface area contributed by atoms with Gasteiger partial charge in [0.05, 0.1) is 19.3 Å². The molecule has 1 amide bonds. The normalized spacial score (nSPS) is 26.6. The summed E-state index contributed by atoms with van der Waals surface area (Å²) >= 11 is 0. The lowest BCUT2D eigenvalue weighted by molar-refractivity contribution is -0.147. The summed E-state index contributed by atoms with van der Waals surface area (Å²) in [6.45, 7) is 7.61. The molecule has 0 aromatic heterocycles. The molecule has 2 N–H and O–H groups in total. The minimum atomic E-state index is -1.44. The minimum Gasteiger partial charge on any atom is -0.493 e. The van der Waals surface area contributed by atoms with Gasteiger partial charge in [0.2, 0.25) is 0 Å². The first-order valence-corrected chi connectivity index (χ1v) is 10.6. The summed E-state index contributed by atoms with van der Waals surface area (Å²) in [5.41, 5.74) is -0.959. The molecule has 1 aromatic carbocycles. The van der Waals surface area contributed by atoms with E-state index in [9.17, 15) is 15.0 Å². The highest BCUT2D eigenvalue weighted by Crippen LogP contribution is 2.47. The number of ether oxygens (including phenoxy) is 2. The zero-order valence-electron chi connectivity index (χ0n) is 18.3. The summed E-state index contributed by atoms with van der Waals surface area (Å²) in [6, 6.07) is 5.90. The largest absolute Gasteiger partial charge is 0.493 e. The predicted molar refractivity (Wildman–Crippen MR) is 111 cm³/mol. The molecule has 1 aliphatic carbocycles. The van der Waals surface area contributed by atoms with Crippen LogP contribution in [0.15, 0.2) is 18.2 Å². The minimum absolute atomic E-state index is 0.0781. The Hall–Kier alpha value is -1.79. The van der Waals surface area contributed by atoms with E-state index in [0.29, 0.717) is 18.8 Å². The van der Waals surface area contributed by atoms with E-state index in [2.05, 4.69) is 0 Å². The zero-order chi connectivity index (χ0) is 21.4. The summed E-state index contributed by atoms with van der Waals surface area (Å²) in [5, 5.41) is 20.8. The van der Waals surface area contributed by atoms with Crippen molar-refractivity contribution < 1.29 is 24.5 Å². The van der Waals surface area contributed by atoms with Crippen molar-refractivity contribution in [2.24, 2.45) is 5.41 Å². The fraction of sp³-hybridized carbons (Fsp3) is 0.696. The van der Waals surface area contributed by atoms with Crippen LogP contribution in [0.25, 0.3) is 0 Å². The zero-order valence-corrected chi connectivity index (χ0v) is 18.3. The van der Waals surface area contributed by atoms with E-state index in [1.165, 1.54) is 26.7 Å². The van der Waals surface area contributed by atoms with Crippen LogP contribution in [0.3, 0.4) is 0 Å². The molecule has 1 aliphatic heterocycles. The van der Waals surface area contributed by atoms with E-state index < -0.39 is 17.1 Å². The summed E-state index contributed by atoms with van der Waals surface area (Å²) < 4.78 is 11.8. The van der Waals surface area contributed by atoms with Crippen molar-refractivity contribution in [1.29, 1.82) is 0 Å². The van der Waals surface area contributed by atoms with Gasteiger partial charge in [-0.05, 0) is 64.2 Å². The Balaban J connectivity index is 1.93. The third kappa shape index (κ3) is 4.38. The van der Waals surface area contributed by atoms with Crippen molar-refractivity contribution in [2.45, 2.75) is 77.1 Å². The molecule has 6 nitrogen and oxygen atoms in total. The first-order valence-electron chi connectivity index (χ1n) is 10.6. The van der Waals surface area contributed by atoms with Gasteiger partial charge in [-0.25, -0.2) is 0 Å². The number of likely N-dealkylation sites (tertiary alicyclic amines) is 1. The highest BCUT2D eigenvalue weighted by Gasteiger charge is 2.50. The summed E-state index contributed by atoms with van der Waals surface area (Å²) in [6.07, 6.45) is 4.06. The second kappa shape index (κ2) is 8.15. The molecule has 1 saturated heterocycles. The number of carbonyl (C=O) groups is 1. The third-order valence-corrected chi connectivity index (χ3v) is 6.68. The van der Waals surface area contributed by atoms with Crippen molar-refractivity contribution >= 4 is 5.91 Å². The molecule has 0 unspecified atom stereocenters. The Labute approximate surface area is 173 Å². The number of amides is 1. The average Bonchev–Trinajstić information content (AvgIpc) is 3.28. The van der Waals surface area contributed by atoms with E-state index in [0.717, 1.165) is 24.2 Å². The first kappa shape index (κ1) is 21.9. The lowest BCUT2D eigenvalue weighted by Gasteiger charge is -2.34. The molecule has 3 atom stereocenters. The number of nitrogens with zero attached hydrogens (tertiary/aromatic N) is 1.